The van der Waals surface area contributed by atoms with Crippen LogP contribution in [0, 0.1) is 6.92 Å². The molecular weight excluding hydrogens is 332 g/mol. The van der Waals surface area contributed by atoms with Gasteiger partial charge in [-0.1, -0.05) is 56.3 Å². The Labute approximate surface area is 162 Å². The quantitative estimate of drug-likeness (QED) is 0.588. The van der Waals surface area contributed by atoms with E-state index in [-0.39, 0.29) is 0 Å². The molecule has 1 heterocycles. The number of hydrogen-bond donors (Lipinski definition) is 1. The summed E-state index contributed by atoms with van der Waals surface area (Å²) < 4.78 is 0. The summed E-state index contributed by atoms with van der Waals surface area (Å²) in [6, 6.07) is 21.0. The minimum absolute atomic E-state index is 0.525. The molecule has 0 atom stereocenters. The molecule has 4 heteroatoms. The van der Waals surface area contributed by atoms with Crippen molar-refractivity contribution in [3.63, 3.8) is 0 Å². The highest BCUT2D eigenvalue weighted by molar-refractivity contribution is 5.56. The first-order valence-electron chi connectivity index (χ1n) is 9.56. The predicted molar refractivity (Wildman–Crippen MR) is 114 cm³/mol. The Bertz CT molecular complexity index is 857. The van der Waals surface area contributed by atoms with E-state index in [9.17, 15) is 0 Å². The van der Waals surface area contributed by atoms with Crippen molar-refractivity contribution in [3.8, 4) is 0 Å². The van der Waals surface area contributed by atoms with Gasteiger partial charge < -0.3 is 10.2 Å². The fourth-order valence-electron chi connectivity index (χ4n) is 3.01. The average Bonchev–Trinajstić information content (AvgIpc) is 2.67. The topological polar surface area (TPSA) is 41.1 Å². The Morgan fingerprint density at radius 1 is 0.963 bits per heavy atom. The van der Waals surface area contributed by atoms with Gasteiger partial charge >= 0.3 is 0 Å². The number of aromatic nitrogens is 2. The van der Waals surface area contributed by atoms with Crippen molar-refractivity contribution in [3.05, 3.63) is 77.5 Å². The standard InChI is InChI=1S/C23H28N4/c1-5-27(16-19-9-7-6-8-10-19)22-15-18(4)24-23(26-22)25-21-13-11-20(12-14-21)17(2)3/h6-15,17H,5,16H2,1-4H3,(H,24,25,26). The molecule has 140 valence electrons. The Balaban J connectivity index is 1.80. The molecule has 0 saturated heterocycles. The van der Waals surface area contributed by atoms with Gasteiger partial charge in [-0.3, -0.25) is 0 Å². The van der Waals surface area contributed by atoms with Crippen LogP contribution in [0.2, 0.25) is 0 Å². The molecule has 4 nitrogen and oxygen atoms in total. The van der Waals surface area contributed by atoms with Crippen LogP contribution in [0.3, 0.4) is 0 Å². The second-order valence-electron chi connectivity index (χ2n) is 7.09. The molecule has 0 saturated carbocycles. The molecule has 0 fully saturated rings. The zero-order valence-electron chi connectivity index (χ0n) is 16.6. The lowest BCUT2D eigenvalue weighted by Gasteiger charge is -2.23. The monoisotopic (exact) mass is 360 g/mol. The van der Waals surface area contributed by atoms with E-state index < -0.39 is 0 Å². The molecule has 0 aliphatic heterocycles. The van der Waals surface area contributed by atoms with Crippen LogP contribution in [0.25, 0.3) is 0 Å². The Morgan fingerprint density at radius 3 is 2.30 bits per heavy atom. The molecule has 1 aromatic heterocycles. The summed E-state index contributed by atoms with van der Waals surface area (Å²) in [4.78, 5) is 11.6. The number of rotatable bonds is 7. The third-order valence-electron chi connectivity index (χ3n) is 4.60. The van der Waals surface area contributed by atoms with E-state index in [1.165, 1.54) is 11.1 Å². The smallest absolute Gasteiger partial charge is 0.229 e. The molecule has 3 aromatic rings. The van der Waals surface area contributed by atoms with E-state index in [0.717, 1.165) is 30.3 Å². The highest BCUT2D eigenvalue weighted by Crippen LogP contribution is 2.22. The third kappa shape index (κ3) is 5.07. The van der Waals surface area contributed by atoms with Crippen molar-refractivity contribution in [1.82, 2.24) is 9.97 Å². The summed E-state index contributed by atoms with van der Waals surface area (Å²) in [7, 11) is 0. The van der Waals surface area contributed by atoms with Crippen molar-refractivity contribution in [2.45, 2.75) is 40.2 Å². The van der Waals surface area contributed by atoms with E-state index >= 15 is 0 Å². The van der Waals surface area contributed by atoms with Gasteiger partial charge in [0.1, 0.15) is 5.82 Å². The third-order valence-corrected chi connectivity index (χ3v) is 4.60. The van der Waals surface area contributed by atoms with Gasteiger partial charge in [0.15, 0.2) is 0 Å². The summed E-state index contributed by atoms with van der Waals surface area (Å²) >= 11 is 0. The lowest BCUT2D eigenvalue weighted by molar-refractivity contribution is 0.809. The van der Waals surface area contributed by atoms with E-state index in [4.69, 9.17) is 4.98 Å². The maximum atomic E-state index is 4.76. The summed E-state index contributed by atoms with van der Waals surface area (Å²) in [5.74, 6) is 2.10. The second kappa shape index (κ2) is 8.67. The van der Waals surface area contributed by atoms with Gasteiger partial charge in [0.2, 0.25) is 5.95 Å². The predicted octanol–water partition coefficient (Wildman–Crippen LogP) is 5.68. The largest absolute Gasteiger partial charge is 0.352 e. The zero-order chi connectivity index (χ0) is 19.2. The number of anilines is 3. The van der Waals surface area contributed by atoms with Crippen molar-refractivity contribution in [2.75, 3.05) is 16.8 Å². The SMILES string of the molecule is CCN(Cc1ccccc1)c1cc(C)nc(Nc2ccc(C(C)C)cc2)n1. The normalized spacial score (nSPS) is 10.9. The minimum Gasteiger partial charge on any atom is -0.352 e. The van der Waals surface area contributed by atoms with Crippen LogP contribution >= 0.6 is 0 Å². The van der Waals surface area contributed by atoms with Crippen molar-refractivity contribution < 1.29 is 0 Å². The van der Waals surface area contributed by atoms with Crippen LogP contribution in [-0.2, 0) is 6.54 Å². The first kappa shape index (κ1) is 18.9. The molecular formula is C23H28N4. The number of nitrogens with one attached hydrogen (secondary N) is 1. The first-order valence-corrected chi connectivity index (χ1v) is 9.56. The highest BCUT2D eigenvalue weighted by Gasteiger charge is 2.10. The molecule has 3 rings (SSSR count). The van der Waals surface area contributed by atoms with Crippen LogP contribution in [0.4, 0.5) is 17.5 Å². The fraction of sp³-hybridized carbons (Fsp3) is 0.304. The maximum absolute atomic E-state index is 4.76. The molecule has 0 bridgehead atoms. The molecule has 0 unspecified atom stereocenters. The van der Waals surface area contributed by atoms with Crippen LogP contribution in [-0.4, -0.2) is 16.5 Å². The summed E-state index contributed by atoms with van der Waals surface area (Å²) in [5.41, 5.74) is 4.55. The van der Waals surface area contributed by atoms with Crippen LogP contribution < -0.4 is 10.2 Å². The van der Waals surface area contributed by atoms with E-state index in [2.05, 4.69) is 84.5 Å². The van der Waals surface area contributed by atoms with E-state index in [1.54, 1.807) is 0 Å². The first-order chi connectivity index (χ1) is 13.0. The number of aryl methyl sites for hydroxylation is 1. The fourth-order valence-corrected chi connectivity index (χ4v) is 3.01. The van der Waals surface area contributed by atoms with Gasteiger partial charge in [-0.05, 0) is 43.0 Å². The maximum Gasteiger partial charge on any atom is 0.229 e. The Hall–Kier alpha value is -2.88. The molecule has 0 amide bonds. The van der Waals surface area contributed by atoms with Crippen LogP contribution in [0.5, 0.6) is 0 Å². The zero-order valence-corrected chi connectivity index (χ0v) is 16.6. The number of hydrogen-bond acceptors (Lipinski definition) is 4. The Morgan fingerprint density at radius 2 is 1.67 bits per heavy atom. The molecule has 0 radical (unpaired) electrons. The summed E-state index contributed by atoms with van der Waals surface area (Å²) in [6.07, 6.45) is 0. The molecule has 0 spiro atoms. The van der Waals surface area contributed by atoms with Gasteiger partial charge in [-0.25, -0.2) is 4.98 Å². The average molecular weight is 361 g/mol. The molecule has 1 N–H and O–H groups in total. The number of benzene rings is 2. The van der Waals surface area contributed by atoms with Gasteiger partial charge in [-0.2, -0.15) is 4.98 Å². The summed E-state index contributed by atoms with van der Waals surface area (Å²) in [5, 5.41) is 3.35. The van der Waals surface area contributed by atoms with Gasteiger partial charge in [0.25, 0.3) is 0 Å². The summed E-state index contributed by atoms with van der Waals surface area (Å²) in [6.45, 7) is 10.3. The van der Waals surface area contributed by atoms with Crippen molar-refractivity contribution in [1.29, 1.82) is 0 Å². The minimum atomic E-state index is 0.525. The van der Waals surface area contributed by atoms with E-state index in [0.29, 0.717) is 11.9 Å². The molecule has 0 aliphatic rings. The van der Waals surface area contributed by atoms with Gasteiger partial charge in [-0.15, -0.1) is 0 Å². The molecule has 2 aromatic carbocycles. The van der Waals surface area contributed by atoms with Crippen LogP contribution in [0.1, 0.15) is 43.5 Å². The Kier molecular flexibility index (Phi) is 6.07. The van der Waals surface area contributed by atoms with Crippen molar-refractivity contribution >= 4 is 17.5 Å². The lowest BCUT2D eigenvalue weighted by atomic mass is 10.0. The lowest BCUT2D eigenvalue weighted by Crippen LogP contribution is -2.23. The molecule has 27 heavy (non-hydrogen) atoms. The van der Waals surface area contributed by atoms with Gasteiger partial charge in [0, 0.05) is 30.5 Å². The number of nitrogens with zero attached hydrogens (tertiary/aromatic N) is 3. The van der Waals surface area contributed by atoms with Gasteiger partial charge in [0.05, 0.1) is 0 Å². The van der Waals surface area contributed by atoms with Crippen LogP contribution in [0.15, 0.2) is 60.7 Å². The highest BCUT2D eigenvalue weighted by atomic mass is 15.2. The second-order valence-corrected chi connectivity index (χ2v) is 7.09. The van der Waals surface area contributed by atoms with E-state index in [1.807, 2.05) is 19.1 Å². The molecule has 0 aliphatic carbocycles. The van der Waals surface area contributed by atoms with Crippen molar-refractivity contribution in [2.24, 2.45) is 0 Å².